The van der Waals surface area contributed by atoms with Gasteiger partial charge in [0.25, 0.3) is 0 Å². The van der Waals surface area contributed by atoms with Gasteiger partial charge in [-0.05, 0) is 38.9 Å². The van der Waals surface area contributed by atoms with Crippen LogP contribution in [0.3, 0.4) is 0 Å². The Morgan fingerprint density at radius 3 is 2.76 bits per heavy atom. The van der Waals surface area contributed by atoms with Gasteiger partial charge < -0.3 is 10.2 Å². The van der Waals surface area contributed by atoms with E-state index >= 15 is 0 Å². The Morgan fingerprint density at radius 2 is 2.18 bits per heavy atom. The first-order valence-corrected chi connectivity index (χ1v) is 6.59. The minimum absolute atomic E-state index is 0.651. The number of nitrogens with one attached hydrogen (secondary N) is 1. The maximum atomic E-state index is 3.94. The van der Waals surface area contributed by atoms with Crippen molar-refractivity contribution in [2.24, 2.45) is 7.05 Å². The van der Waals surface area contributed by atoms with Crippen LogP contribution in [0.25, 0.3) is 0 Å². The lowest BCUT2D eigenvalue weighted by atomic mass is 10.0. The van der Waals surface area contributed by atoms with Gasteiger partial charge in [0.05, 0.1) is 11.9 Å². The Bertz CT molecular complexity index is 327. The summed E-state index contributed by atoms with van der Waals surface area (Å²) in [6, 6.07) is 0.651. The summed E-state index contributed by atoms with van der Waals surface area (Å²) in [5, 5.41) is 11.4. The highest BCUT2D eigenvalue weighted by Gasteiger charge is 2.18. The lowest BCUT2D eigenvalue weighted by Gasteiger charge is -2.32. The summed E-state index contributed by atoms with van der Waals surface area (Å²) in [6.45, 7) is 6.84. The Labute approximate surface area is 103 Å². The largest absolute Gasteiger partial charge is 0.308 e. The molecule has 1 saturated heterocycles. The molecule has 0 unspecified atom stereocenters. The van der Waals surface area contributed by atoms with E-state index in [-0.39, 0.29) is 0 Å². The average Bonchev–Trinajstić information content (AvgIpc) is 2.75. The van der Waals surface area contributed by atoms with Gasteiger partial charge in [-0.15, -0.1) is 5.10 Å². The minimum atomic E-state index is 0.651. The predicted octanol–water partition coefficient (Wildman–Crippen LogP) is 0.779. The number of aryl methyl sites for hydroxylation is 1. The molecule has 0 aromatic carbocycles. The van der Waals surface area contributed by atoms with Crippen LogP contribution in [0.2, 0.25) is 0 Å². The lowest BCUT2D eigenvalue weighted by molar-refractivity contribution is 0.197. The van der Waals surface area contributed by atoms with Crippen LogP contribution in [0.1, 0.15) is 31.9 Å². The summed E-state index contributed by atoms with van der Waals surface area (Å²) in [4.78, 5) is 2.56. The summed E-state index contributed by atoms with van der Waals surface area (Å²) in [6.07, 6.45) is 5.61. The second kappa shape index (κ2) is 6.12. The summed E-state index contributed by atoms with van der Waals surface area (Å²) in [5.41, 5.74) is 1.15. The molecule has 1 aliphatic heterocycles. The van der Waals surface area contributed by atoms with Gasteiger partial charge in [0.15, 0.2) is 0 Å². The number of hydrogen-bond donors (Lipinski definition) is 1. The topological polar surface area (TPSA) is 46.0 Å². The smallest absolute Gasteiger partial charge is 0.0738 e. The molecule has 0 aliphatic carbocycles. The maximum absolute atomic E-state index is 3.94. The molecule has 5 heteroatoms. The highest BCUT2D eigenvalue weighted by Crippen LogP contribution is 2.11. The van der Waals surface area contributed by atoms with Crippen LogP contribution in [0.5, 0.6) is 0 Å². The van der Waals surface area contributed by atoms with E-state index in [9.17, 15) is 0 Å². The Kier molecular flexibility index (Phi) is 4.50. The van der Waals surface area contributed by atoms with Crippen LogP contribution in [-0.4, -0.2) is 45.6 Å². The van der Waals surface area contributed by atoms with Gasteiger partial charge in [-0.3, -0.25) is 4.68 Å². The Balaban J connectivity index is 1.70. The normalized spacial score (nSPS) is 18.7. The summed E-state index contributed by atoms with van der Waals surface area (Å²) in [7, 11) is 1.94. The van der Waals surface area contributed by atoms with Gasteiger partial charge >= 0.3 is 0 Å². The van der Waals surface area contributed by atoms with Crippen LogP contribution >= 0.6 is 0 Å². The molecule has 2 rings (SSSR count). The molecule has 0 radical (unpaired) electrons. The highest BCUT2D eigenvalue weighted by molar-refractivity contribution is 4.93. The third-order valence-electron chi connectivity index (χ3n) is 3.51. The van der Waals surface area contributed by atoms with Crippen molar-refractivity contribution in [2.75, 3.05) is 19.6 Å². The molecule has 1 aromatic heterocycles. The van der Waals surface area contributed by atoms with Crippen molar-refractivity contribution in [3.63, 3.8) is 0 Å². The van der Waals surface area contributed by atoms with Crippen LogP contribution < -0.4 is 5.32 Å². The van der Waals surface area contributed by atoms with Crippen molar-refractivity contribution >= 4 is 0 Å². The molecule has 1 N–H and O–H groups in total. The van der Waals surface area contributed by atoms with E-state index in [1.807, 2.05) is 17.9 Å². The molecular formula is C12H23N5. The van der Waals surface area contributed by atoms with Gasteiger partial charge in [0, 0.05) is 19.6 Å². The van der Waals surface area contributed by atoms with Crippen LogP contribution in [-0.2, 0) is 13.6 Å². The molecule has 17 heavy (non-hydrogen) atoms. The fraction of sp³-hybridized carbons (Fsp3) is 0.833. The molecule has 1 aromatic rings. The molecule has 0 atom stereocenters. The van der Waals surface area contributed by atoms with Crippen molar-refractivity contribution in [1.29, 1.82) is 0 Å². The molecular weight excluding hydrogens is 214 g/mol. The fourth-order valence-electron chi connectivity index (χ4n) is 2.40. The number of hydrogen-bond acceptors (Lipinski definition) is 4. The fourth-order valence-corrected chi connectivity index (χ4v) is 2.40. The first kappa shape index (κ1) is 12.5. The van der Waals surface area contributed by atoms with E-state index in [1.165, 1.54) is 38.9 Å². The molecule has 0 saturated carbocycles. The Hall–Kier alpha value is -0.940. The summed E-state index contributed by atoms with van der Waals surface area (Å²) >= 11 is 0. The number of nitrogens with zero attached hydrogens (tertiary/aromatic N) is 4. The van der Waals surface area contributed by atoms with Crippen molar-refractivity contribution in [3.8, 4) is 0 Å². The third-order valence-corrected chi connectivity index (χ3v) is 3.51. The van der Waals surface area contributed by atoms with Crippen molar-refractivity contribution in [2.45, 2.75) is 38.8 Å². The zero-order chi connectivity index (χ0) is 12.1. The SMILES string of the molecule is CCCN1CCC(NCc2cnnn2C)CC1. The van der Waals surface area contributed by atoms with E-state index in [4.69, 9.17) is 0 Å². The molecule has 2 heterocycles. The van der Waals surface area contributed by atoms with E-state index < -0.39 is 0 Å². The van der Waals surface area contributed by atoms with E-state index in [2.05, 4.69) is 27.5 Å². The van der Waals surface area contributed by atoms with Gasteiger partial charge in [0.2, 0.25) is 0 Å². The summed E-state index contributed by atoms with van der Waals surface area (Å²) in [5.74, 6) is 0. The zero-order valence-electron chi connectivity index (χ0n) is 10.9. The maximum Gasteiger partial charge on any atom is 0.0738 e. The molecule has 1 fully saturated rings. The highest BCUT2D eigenvalue weighted by atomic mass is 15.4. The second-order valence-corrected chi connectivity index (χ2v) is 4.85. The van der Waals surface area contributed by atoms with Gasteiger partial charge in [0.1, 0.15) is 0 Å². The zero-order valence-corrected chi connectivity index (χ0v) is 10.9. The summed E-state index contributed by atoms with van der Waals surface area (Å²) < 4.78 is 1.83. The number of piperidine rings is 1. The number of likely N-dealkylation sites (tertiary alicyclic amines) is 1. The monoisotopic (exact) mass is 237 g/mol. The molecule has 0 bridgehead atoms. The first-order valence-electron chi connectivity index (χ1n) is 6.59. The van der Waals surface area contributed by atoms with Gasteiger partial charge in [-0.25, -0.2) is 0 Å². The molecule has 1 aliphatic rings. The second-order valence-electron chi connectivity index (χ2n) is 4.85. The van der Waals surface area contributed by atoms with Crippen LogP contribution in [0.15, 0.2) is 6.20 Å². The quantitative estimate of drug-likeness (QED) is 0.822. The van der Waals surface area contributed by atoms with E-state index in [1.54, 1.807) is 0 Å². The Morgan fingerprint density at radius 1 is 1.41 bits per heavy atom. The number of rotatable bonds is 5. The van der Waals surface area contributed by atoms with Crippen LogP contribution in [0.4, 0.5) is 0 Å². The van der Waals surface area contributed by atoms with Gasteiger partial charge in [-0.1, -0.05) is 12.1 Å². The van der Waals surface area contributed by atoms with Crippen LogP contribution in [0, 0.1) is 0 Å². The molecule has 0 spiro atoms. The van der Waals surface area contributed by atoms with E-state index in [0.29, 0.717) is 6.04 Å². The molecule has 5 nitrogen and oxygen atoms in total. The predicted molar refractivity (Wildman–Crippen MR) is 67.6 cm³/mol. The lowest BCUT2D eigenvalue weighted by Crippen LogP contribution is -2.42. The molecule has 96 valence electrons. The number of aromatic nitrogens is 3. The first-order chi connectivity index (χ1) is 8.29. The third kappa shape index (κ3) is 3.51. The molecule has 0 amide bonds. The minimum Gasteiger partial charge on any atom is -0.308 e. The van der Waals surface area contributed by atoms with Gasteiger partial charge in [-0.2, -0.15) is 0 Å². The van der Waals surface area contributed by atoms with Crippen molar-refractivity contribution in [1.82, 2.24) is 25.2 Å². The van der Waals surface area contributed by atoms with Crippen molar-refractivity contribution < 1.29 is 0 Å². The van der Waals surface area contributed by atoms with Crippen molar-refractivity contribution in [3.05, 3.63) is 11.9 Å². The standard InChI is InChI=1S/C12H23N5/c1-3-6-17-7-4-11(5-8-17)13-9-12-10-14-15-16(12)2/h10-11,13H,3-9H2,1-2H3. The van der Waals surface area contributed by atoms with E-state index in [0.717, 1.165) is 12.2 Å². The average molecular weight is 237 g/mol.